The van der Waals surface area contributed by atoms with Crippen LogP contribution >= 0.6 is 11.3 Å². The summed E-state index contributed by atoms with van der Waals surface area (Å²) >= 11 is 1.69. The first-order chi connectivity index (χ1) is 14.8. The maximum atomic E-state index is 12.7. The standard InChI is InChI=1S/C22H26N4O2S.CH2O/c1-13-23-10-9-16(24-13)20(27)25-17-12-19-18(11-15(17)22(2,3)28)26-21(29-19)14-7-5-4-6-8-14;1-2/h9-12,14,28H,4-8H2,1-3H3,(H,25,27);1H2. The van der Waals surface area contributed by atoms with E-state index in [0.717, 1.165) is 15.2 Å². The summed E-state index contributed by atoms with van der Waals surface area (Å²) in [6, 6.07) is 5.41. The van der Waals surface area contributed by atoms with Crippen LogP contribution in [0.2, 0.25) is 0 Å². The van der Waals surface area contributed by atoms with Crippen molar-refractivity contribution in [3.8, 4) is 0 Å². The Labute approximate surface area is 186 Å². The van der Waals surface area contributed by atoms with Crippen LogP contribution in [0.15, 0.2) is 24.4 Å². The van der Waals surface area contributed by atoms with Gasteiger partial charge in [-0.25, -0.2) is 15.0 Å². The second kappa shape index (κ2) is 9.62. The molecule has 2 N–H and O–H groups in total. The zero-order chi connectivity index (χ0) is 22.6. The molecule has 1 aliphatic rings. The second-order valence-corrected chi connectivity index (χ2v) is 9.32. The fourth-order valence-corrected chi connectivity index (χ4v) is 5.05. The highest BCUT2D eigenvalue weighted by atomic mass is 32.1. The summed E-state index contributed by atoms with van der Waals surface area (Å²) in [5.74, 6) is 0.738. The molecule has 2 aromatic heterocycles. The van der Waals surface area contributed by atoms with Gasteiger partial charge in [0.25, 0.3) is 5.91 Å². The number of aliphatic hydroxyl groups is 1. The quantitative estimate of drug-likeness (QED) is 0.607. The fourth-order valence-electron chi connectivity index (χ4n) is 3.89. The molecule has 31 heavy (non-hydrogen) atoms. The molecule has 0 unspecified atom stereocenters. The van der Waals surface area contributed by atoms with Crippen LogP contribution in [0.25, 0.3) is 10.2 Å². The molecule has 3 aromatic rings. The van der Waals surface area contributed by atoms with E-state index in [-0.39, 0.29) is 5.91 Å². The molecule has 0 radical (unpaired) electrons. The van der Waals surface area contributed by atoms with Crippen LogP contribution in [0.1, 0.15) is 78.8 Å². The van der Waals surface area contributed by atoms with Crippen molar-refractivity contribution >= 4 is 39.9 Å². The molecule has 1 aromatic carbocycles. The lowest BCUT2D eigenvalue weighted by Gasteiger charge is -2.22. The maximum Gasteiger partial charge on any atom is 0.274 e. The topological polar surface area (TPSA) is 105 Å². The van der Waals surface area contributed by atoms with Gasteiger partial charge >= 0.3 is 0 Å². The van der Waals surface area contributed by atoms with E-state index >= 15 is 0 Å². The Kier molecular flexibility index (Phi) is 7.12. The number of aryl methyl sites for hydroxylation is 1. The van der Waals surface area contributed by atoms with E-state index in [9.17, 15) is 9.90 Å². The number of carbonyl (C=O) groups is 2. The molecule has 0 atom stereocenters. The third-order valence-electron chi connectivity index (χ3n) is 5.41. The van der Waals surface area contributed by atoms with Crippen LogP contribution in [0, 0.1) is 6.92 Å². The van der Waals surface area contributed by atoms with Crippen LogP contribution in [-0.4, -0.2) is 32.8 Å². The number of nitrogens with one attached hydrogen (secondary N) is 1. The van der Waals surface area contributed by atoms with Crippen molar-refractivity contribution in [1.29, 1.82) is 0 Å². The number of carbonyl (C=O) groups excluding carboxylic acids is 2. The zero-order valence-electron chi connectivity index (χ0n) is 18.1. The third-order valence-corrected chi connectivity index (χ3v) is 6.60. The lowest BCUT2D eigenvalue weighted by molar-refractivity contribution is -0.0980. The normalized spacial score (nSPS) is 14.7. The number of anilines is 1. The van der Waals surface area contributed by atoms with Crippen molar-refractivity contribution < 1.29 is 14.7 Å². The first-order valence-corrected chi connectivity index (χ1v) is 11.2. The number of fused-ring (bicyclic) bond motifs is 1. The smallest absolute Gasteiger partial charge is 0.274 e. The largest absolute Gasteiger partial charge is 0.386 e. The van der Waals surface area contributed by atoms with Crippen molar-refractivity contribution in [2.24, 2.45) is 0 Å². The highest BCUT2D eigenvalue weighted by Gasteiger charge is 2.25. The van der Waals surface area contributed by atoms with E-state index in [1.807, 2.05) is 18.9 Å². The number of hydrogen-bond acceptors (Lipinski definition) is 7. The molecule has 0 saturated heterocycles. The third kappa shape index (κ3) is 5.32. The van der Waals surface area contributed by atoms with Crippen LogP contribution < -0.4 is 5.32 Å². The van der Waals surface area contributed by atoms with Crippen molar-refractivity contribution in [3.63, 3.8) is 0 Å². The van der Waals surface area contributed by atoms with E-state index in [0.29, 0.717) is 28.7 Å². The highest BCUT2D eigenvalue weighted by molar-refractivity contribution is 7.18. The van der Waals surface area contributed by atoms with Gasteiger partial charge in [-0.05, 0) is 51.8 Å². The van der Waals surface area contributed by atoms with E-state index in [1.54, 1.807) is 44.4 Å². The molecule has 7 nitrogen and oxygen atoms in total. The van der Waals surface area contributed by atoms with Crippen LogP contribution in [0.3, 0.4) is 0 Å². The first-order valence-electron chi connectivity index (χ1n) is 10.4. The SMILES string of the molecule is C=O.Cc1nccc(C(=O)Nc2cc3sc(C4CCCCC4)nc3cc2C(C)(C)O)n1. The van der Waals surface area contributed by atoms with Crippen LogP contribution in [0.4, 0.5) is 5.69 Å². The molecule has 1 saturated carbocycles. The lowest BCUT2D eigenvalue weighted by atomic mass is 9.90. The molecule has 2 heterocycles. The average Bonchev–Trinajstić information content (AvgIpc) is 3.18. The molecule has 0 aliphatic heterocycles. The summed E-state index contributed by atoms with van der Waals surface area (Å²) in [4.78, 5) is 33.8. The maximum absolute atomic E-state index is 12.7. The van der Waals surface area contributed by atoms with Crippen molar-refractivity contribution in [3.05, 3.63) is 46.5 Å². The summed E-state index contributed by atoms with van der Waals surface area (Å²) in [6.45, 7) is 7.18. The molecular weight excluding hydrogens is 412 g/mol. The van der Waals surface area contributed by atoms with Crippen molar-refractivity contribution in [1.82, 2.24) is 15.0 Å². The van der Waals surface area contributed by atoms with E-state index in [2.05, 4.69) is 15.3 Å². The number of aromatic nitrogens is 3. The van der Waals surface area contributed by atoms with Gasteiger partial charge in [0.15, 0.2) is 0 Å². The van der Waals surface area contributed by atoms with Gasteiger partial charge in [-0.15, -0.1) is 11.3 Å². The molecule has 164 valence electrons. The Balaban J connectivity index is 0.00000132. The first kappa shape index (κ1) is 23.0. The molecular formula is C23H28N4O3S. The molecule has 0 spiro atoms. The predicted molar refractivity (Wildman–Crippen MR) is 123 cm³/mol. The number of benzene rings is 1. The lowest BCUT2D eigenvalue weighted by Crippen LogP contribution is -2.21. The summed E-state index contributed by atoms with van der Waals surface area (Å²) in [7, 11) is 0. The summed E-state index contributed by atoms with van der Waals surface area (Å²) in [5.41, 5.74) is 1.29. The summed E-state index contributed by atoms with van der Waals surface area (Å²) in [6.07, 6.45) is 7.77. The minimum Gasteiger partial charge on any atom is -0.386 e. The molecule has 1 amide bonds. The number of nitrogens with zero attached hydrogens (tertiary/aromatic N) is 3. The average molecular weight is 441 g/mol. The van der Waals surface area contributed by atoms with Gasteiger partial charge in [-0.3, -0.25) is 4.79 Å². The molecule has 0 bridgehead atoms. The molecule has 8 heteroatoms. The number of thiazole rings is 1. The van der Waals surface area contributed by atoms with Gasteiger partial charge in [0, 0.05) is 23.4 Å². The Morgan fingerprint density at radius 2 is 1.90 bits per heavy atom. The van der Waals surface area contributed by atoms with E-state index in [1.165, 1.54) is 32.1 Å². The van der Waals surface area contributed by atoms with Crippen LogP contribution in [0.5, 0.6) is 0 Å². The van der Waals surface area contributed by atoms with E-state index in [4.69, 9.17) is 9.78 Å². The van der Waals surface area contributed by atoms with Crippen molar-refractivity contribution in [2.45, 2.75) is 64.4 Å². The minimum absolute atomic E-state index is 0.298. The second-order valence-electron chi connectivity index (χ2n) is 8.25. The number of hydrogen-bond donors (Lipinski definition) is 2. The Morgan fingerprint density at radius 1 is 1.19 bits per heavy atom. The summed E-state index contributed by atoms with van der Waals surface area (Å²) < 4.78 is 1.02. The Hall–Kier alpha value is -2.71. The van der Waals surface area contributed by atoms with Gasteiger partial charge in [-0.2, -0.15) is 0 Å². The van der Waals surface area contributed by atoms with E-state index < -0.39 is 5.60 Å². The molecule has 4 rings (SSSR count). The van der Waals surface area contributed by atoms with Gasteiger partial charge < -0.3 is 15.2 Å². The van der Waals surface area contributed by atoms with Gasteiger partial charge in [0.1, 0.15) is 18.3 Å². The minimum atomic E-state index is -1.12. The monoisotopic (exact) mass is 440 g/mol. The highest BCUT2D eigenvalue weighted by Crippen LogP contribution is 2.39. The Morgan fingerprint density at radius 3 is 2.55 bits per heavy atom. The Bertz CT molecular complexity index is 1070. The number of rotatable bonds is 4. The predicted octanol–water partition coefficient (Wildman–Crippen LogP) is 4.74. The molecule has 1 aliphatic carbocycles. The number of amides is 1. The summed E-state index contributed by atoms with van der Waals surface area (Å²) in [5, 5.41) is 14.8. The van der Waals surface area contributed by atoms with Crippen molar-refractivity contribution in [2.75, 3.05) is 5.32 Å². The van der Waals surface area contributed by atoms with Crippen LogP contribution in [-0.2, 0) is 10.4 Å². The van der Waals surface area contributed by atoms with Gasteiger partial charge in [0.2, 0.25) is 0 Å². The fraction of sp³-hybridized carbons (Fsp3) is 0.435. The van der Waals surface area contributed by atoms with Gasteiger partial charge in [-0.1, -0.05) is 19.3 Å². The molecule has 1 fully saturated rings. The van der Waals surface area contributed by atoms with Gasteiger partial charge in [0.05, 0.1) is 20.8 Å². The zero-order valence-corrected chi connectivity index (χ0v) is 19.0.